The maximum absolute atomic E-state index is 13.0. The highest BCUT2D eigenvalue weighted by Gasteiger charge is 2.40. The Labute approximate surface area is 136 Å². The summed E-state index contributed by atoms with van der Waals surface area (Å²) in [6.07, 6.45) is 11.7. The lowest BCUT2D eigenvalue weighted by molar-refractivity contribution is 0.371. The molecule has 0 bridgehead atoms. The number of rotatable bonds is 4. The van der Waals surface area contributed by atoms with Crippen LogP contribution < -0.4 is 5.14 Å². The van der Waals surface area contributed by atoms with Gasteiger partial charge in [-0.05, 0) is 43.7 Å². The van der Waals surface area contributed by atoms with Crippen LogP contribution in [-0.4, -0.2) is 25.6 Å². The molecule has 8 heteroatoms. The number of sulfonamides is 1. The van der Waals surface area contributed by atoms with Gasteiger partial charge in [-0.3, -0.25) is 3.97 Å². The van der Waals surface area contributed by atoms with Crippen molar-refractivity contribution in [2.45, 2.75) is 42.2 Å². The van der Waals surface area contributed by atoms with Crippen LogP contribution in [0.2, 0.25) is 0 Å². The number of primary sulfonamides is 1. The Morgan fingerprint density at radius 1 is 1.26 bits per heavy atom. The smallest absolute Gasteiger partial charge is 0.247 e. The Hall–Kier alpha value is -1.38. The molecule has 0 amide bonds. The number of aromatic nitrogens is 1. The lowest BCUT2D eigenvalue weighted by Crippen LogP contribution is -2.39. The average molecular weight is 356 g/mol. The van der Waals surface area contributed by atoms with Crippen LogP contribution in [0, 0.1) is 5.92 Å². The van der Waals surface area contributed by atoms with Crippen LogP contribution in [0.4, 0.5) is 0 Å². The van der Waals surface area contributed by atoms with E-state index >= 15 is 0 Å². The van der Waals surface area contributed by atoms with E-state index in [1.54, 1.807) is 6.92 Å². The van der Waals surface area contributed by atoms with E-state index in [4.69, 9.17) is 5.14 Å². The molecule has 1 aromatic rings. The molecule has 1 fully saturated rings. The fourth-order valence-corrected chi connectivity index (χ4v) is 5.11. The highest BCUT2D eigenvalue weighted by Crippen LogP contribution is 2.39. The summed E-state index contributed by atoms with van der Waals surface area (Å²) in [7, 11) is -7.71. The lowest BCUT2D eigenvalue weighted by atomic mass is 9.77. The zero-order valence-electron chi connectivity index (χ0n) is 12.8. The van der Waals surface area contributed by atoms with Crippen LogP contribution in [0.25, 0.3) is 0 Å². The van der Waals surface area contributed by atoms with Crippen molar-refractivity contribution in [1.29, 1.82) is 0 Å². The van der Waals surface area contributed by atoms with Gasteiger partial charge in [0.2, 0.25) is 20.0 Å². The second-order valence-corrected chi connectivity index (χ2v) is 10.3. The molecule has 23 heavy (non-hydrogen) atoms. The Morgan fingerprint density at radius 2 is 1.96 bits per heavy atom. The van der Waals surface area contributed by atoms with Gasteiger partial charge in [-0.15, -0.1) is 0 Å². The molecule has 2 N–H and O–H groups in total. The largest absolute Gasteiger partial charge is 0.251 e. The van der Waals surface area contributed by atoms with E-state index in [9.17, 15) is 16.8 Å². The minimum absolute atomic E-state index is 0.209. The second-order valence-electron chi connectivity index (χ2n) is 6.42. The van der Waals surface area contributed by atoms with Crippen molar-refractivity contribution in [2.75, 3.05) is 0 Å². The summed E-state index contributed by atoms with van der Waals surface area (Å²) in [5.41, 5.74) is 1.06. The van der Waals surface area contributed by atoms with Gasteiger partial charge in [0.05, 0.1) is 0 Å². The summed E-state index contributed by atoms with van der Waals surface area (Å²) >= 11 is 0. The van der Waals surface area contributed by atoms with Crippen LogP contribution in [0.3, 0.4) is 0 Å². The zero-order valence-corrected chi connectivity index (χ0v) is 14.5. The summed E-state index contributed by atoms with van der Waals surface area (Å²) in [5, 5.41) is 5.05. The van der Waals surface area contributed by atoms with Gasteiger partial charge in [-0.1, -0.05) is 24.6 Å². The number of hydrogen-bond acceptors (Lipinski definition) is 4. The van der Waals surface area contributed by atoms with E-state index in [-0.39, 0.29) is 4.90 Å². The molecular weight excluding hydrogens is 336 g/mol. The Balaban J connectivity index is 2.00. The van der Waals surface area contributed by atoms with Gasteiger partial charge in [0.25, 0.3) is 0 Å². The van der Waals surface area contributed by atoms with Crippen molar-refractivity contribution in [3.8, 4) is 0 Å². The highest BCUT2D eigenvalue weighted by atomic mass is 32.2. The summed E-state index contributed by atoms with van der Waals surface area (Å²) < 4.78 is 48.5. The summed E-state index contributed by atoms with van der Waals surface area (Å²) in [5.74, 6) is 0.436. The number of hydrogen-bond donors (Lipinski definition) is 1. The molecule has 3 rings (SSSR count). The molecule has 1 heterocycles. The van der Waals surface area contributed by atoms with Crippen LogP contribution in [-0.2, 0) is 20.0 Å². The quantitative estimate of drug-likeness (QED) is 0.888. The highest BCUT2D eigenvalue weighted by molar-refractivity contribution is 7.91. The van der Waals surface area contributed by atoms with Crippen molar-refractivity contribution in [1.82, 2.24) is 3.97 Å². The SMILES string of the molecule is CC1(S(=O)(=O)n2ccc(S(N)(=O)=O)c2)C=C(C2CCC2)C=CC1. The second kappa shape index (κ2) is 5.32. The molecule has 0 aliphatic heterocycles. The summed E-state index contributed by atoms with van der Waals surface area (Å²) in [6.45, 7) is 1.67. The van der Waals surface area contributed by atoms with Gasteiger partial charge < -0.3 is 0 Å². The molecule has 0 spiro atoms. The van der Waals surface area contributed by atoms with Crippen molar-refractivity contribution in [3.05, 3.63) is 42.3 Å². The van der Waals surface area contributed by atoms with Crippen LogP contribution in [0.1, 0.15) is 32.6 Å². The fourth-order valence-electron chi connectivity index (χ4n) is 2.98. The van der Waals surface area contributed by atoms with Crippen LogP contribution >= 0.6 is 0 Å². The monoisotopic (exact) mass is 356 g/mol. The van der Waals surface area contributed by atoms with E-state index in [1.165, 1.54) is 18.7 Å². The van der Waals surface area contributed by atoms with E-state index in [0.29, 0.717) is 12.3 Å². The number of allylic oxidation sites excluding steroid dienone is 3. The Kier molecular flexibility index (Phi) is 3.81. The maximum atomic E-state index is 13.0. The molecular formula is C15H20N2O4S2. The van der Waals surface area contributed by atoms with Crippen molar-refractivity contribution in [3.63, 3.8) is 0 Å². The normalized spacial score (nSPS) is 25.9. The molecule has 0 saturated heterocycles. The summed E-state index contributed by atoms with van der Waals surface area (Å²) in [6, 6.07) is 1.20. The minimum atomic E-state index is -3.93. The topological polar surface area (TPSA) is 99.2 Å². The molecule has 0 aromatic carbocycles. The third-order valence-corrected chi connectivity index (χ3v) is 7.86. The molecule has 1 aromatic heterocycles. The van der Waals surface area contributed by atoms with Gasteiger partial charge in [0.1, 0.15) is 9.64 Å². The predicted molar refractivity (Wildman–Crippen MR) is 87.7 cm³/mol. The third-order valence-electron chi connectivity index (χ3n) is 4.72. The first-order valence-electron chi connectivity index (χ1n) is 7.49. The van der Waals surface area contributed by atoms with Gasteiger partial charge in [0, 0.05) is 12.4 Å². The van der Waals surface area contributed by atoms with Crippen molar-refractivity contribution < 1.29 is 16.8 Å². The predicted octanol–water partition coefficient (Wildman–Crippen LogP) is 1.76. The molecule has 0 radical (unpaired) electrons. The van der Waals surface area contributed by atoms with Gasteiger partial charge in [-0.2, -0.15) is 0 Å². The molecule has 2 aliphatic rings. The van der Waals surface area contributed by atoms with Crippen molar-refractivity contribution >= 4 is 20.0 Å². The fraction of sp³-hybridized carbons (Fsp3) is 0.467. The van der Waals surface area contributed by atoms with Gasteiger partial charge in [0.15, 0.2) is 0 Å². The first kappa shape index (κ1) is 16.5. The first-order chi connectivity index (χ1) is 10.6. The number of nitrogens with two attached hydrogens (primary N) is 1. The third kappa shape index (κ3) is 2.79. The maximum Gasteiger partial charge on any atom is 0.247 e. The molecule has 6 nitrogen and oxygen atoms in total. The Bertz CT molecular complexity index is 890. The minimum Gasteiger partial charge on any atom is -0.251 e. The van der Waals surface area contributed by atoms with Gasteiger partial charge in [-0.25, -0.2) is 22.0 Å². The number of nitrogens with zero attached hydrogens (tertiary/aromatic N) is 1. The molecule has 2 aliphatic carbocycles. The molecule has 1 atom stereocenters. The van der Waals surface area contributed by atoms with E-state index in [2.05, 4.69) is 0 Å². The van der Waals surface area contributed by atoms with E-state index < -0.39 is 24.8 Å². The van der Waals surface area contributed by atoms with Crippen LogP contribution in [0.15, 0.2) is 47.2 Å². The van der Waals surface area contributed by atoms with Gasteiger partial charge >= 0.3 is 0 Å². The molecule has 1 saturated carbocycles. The first-order valence-corrected chi connectivity index (χ1v) is 10.5. The van der Waals surface area contributed by atoms with E-state index in [0.717, 1.165) is 28.6 Å². The molecule has 1 unspecified atom stereocenters. The standard InChI is InChI=1S/C15H20N2O4S2/c1-15(8-3-6-13(10-15)12-4-2-5-12)23(20,21)17-9-7-14(11-17)22(16,18)19/h3,6-7,9-12H,2,4-5,8H2,1H3,(H2,16,18,19). The zero-order chi connectivity index (χ0) is 16.9. The molecule has 126 valence electrons. The lowest BCUT2D eigenvalue weighted by Gasteiger charge is -2.34. The van der Waals surface area contributed by atoms with E-state index in [1.807, 2.05) is 18.2 Å². The Morgan fingerprint density at radius 3 is 2.48 bits per heavy atom. The average Bonchev–Trinajstić information content (AvgIpc) is 2.86. The van der Waals surface area contributed by atoms with Crippen molar-refractivity contribution in [2.24, 2.45) is 11.1 Å². The summed E-state index contributed by atoms with van der Waals surface area (Å²) in [4.78, 5) is -0.209. The van der Waals surface area contributed by atoms with Crippen LogP contribution in [0.5, 0.6) is 0 Å².